The van der Waals surface area contributed by atoms with Crippen LogP contribution in [0.1, 0.15) is 12.5 Å². The number of benzene rings is 1. The molecule has 0 saturated carbocycles. The van der Waals surface area contributed by atoms with Crippen LogP contribution in [0.15, 0.2) is 29.0 Å². The number of hydrogen-bond donors (Lipinski definition) is 2. The van der Waals surface area contributed by atoms with Crippen molar-refractivity contribution >= 4 is 21.7 Å². The van der Waals surface area contributed by atoms with Crippen molar-refractivity contribution in [3.8, 4) is 11.6 Å². The van der Waals surface area contributed by atoms with Gasteiger partial charge in [0.05, 0.1) is 5.56 Å². The Kier molecular flexibility index (Phi) is 4.28. The van der Waals surface area contributed by atoms with Crippen LogP contribution in [0.5, 0.6) is 11.6 Å². The highest BCUT2D eigenvalue weighted by atomic mass is 79.9. The molecule has 0 saturated heterocycles. The monoisotopic (exact) mass is 326 g/mol. The first-order chi connectivity index (χ1) is 9.15. The van der Waals surface area contributed by atoms with E-state index in [2.05, 4.69) is 31.3 Å². The van der Waals surface area contributed by atoms with Crippen LogP contribution in [0.3, 0.4) is 0 Å². The van der Waals surface area contributed by atoms with Gasteiger partial charge < -0.3 is 10.2 Å². The Hall–Kier alpha value is -1.73. The van der Waals surface area contributed by atoms with Gasteiger partial charge in [-0.3, -0.25) is 0 Å². The number of nitrogens with two attached hydrogens (primary N) is 1. The van der Waals surface area contributed by atoms with Gasteiger partial charge in [0.15, 0.2) is 11.6 Å². The summed E-state index contributed by atoms with van der Waals surface area (Å²) in [6.07, 6.45) is 1.91. The van der Waals surface area contributed by atoms with Gasteiger partial charge in [0, 0.05) is 4.47 Å². The minimum absolute atomic E-state index is 0.0968. The summed E-state index contributed by atoms with van der Waals surface area (Å²) in [5, 5.41) is 0. The van der Waals surface area contributed by atoms with E-state index in [4.69, 9.17) is 10.6 Å². The van der Waals surface area contributed by atoms with Crippen molar-refractivity contribution in [2.24, 2.45) is 5.84 Å². The summed E-state index contributed by atoms with van der Waals surface area (Å²) in [7, 11) is 0. The van der Waals surface area contributed by atoms with Crippen LogP contribution < -0.4 is 16.0 Å². The van der Waals surface area contributed by atoms with Crippen molar-refractivity contribution in [3.05, 3.63) is 40.4 Å². The molecule has 0 aliphatic rings. The van der Waals surface area contributed by atoms with Gasteiger partial charge in [0.25, 0.3) is 0 Å². The molecule has 0 atom stereocenters. The molecule has 1 heterocycles. The molecule has 0 unspecified atom stereocenters. The largest absolute Gasteiger partial charge is 0.435 e. The zero-order chi connectivity index (χ0) is 13.8. The van der Waals surface area contributed by atoms with Crippen LogP contribution in [0.2, 0.25) is 0 Å². The standard InChI is InChI=1S/C12H12BrFN4O/c1-2-8-11(18-15)16-6-17-12(8)19-10-4-3-7(13)5-9(10)14/h3-6H,2,15H2,1H3,(H,16,17,18). The lowest BCUT2D eigenvalue weighted by molar-refractivity contribution is 0.422. The Balaban J connectivity index is 2.37. The number of hydrazine groups is 1. The second-order valence-corrected chi connectivity index (χ2v) is 4.60. The minimum atomic E-state index is -0.475. The molecule has 5 nitrogen and oxygen atoms in total. The molecule has 0 fully saturated rings. The maximum absolute atomic E-state index is 13.7. The predicted molar refractivity (Wildman–Crippen MR) is 73.4 cm³/mol. The molecule has 2 rings (SSSR count). The van der Waals surface area contributed by atoms with Gasteiger partial charge in [-0.05, 0) is 24.6 Å². The lowest BCUT2D eigenvalue weighted by Crippen LogP contribution is -2.12. The number of ether oxygens (including phenoxy) is 1. The zero-order valence-electron chi connectivity index (χ0n) is 10.2. The minimum Gasteiger partial charge on any atom is -0.435 e. The molecule has 3 N–H and O–H groups in total. The Morgan fingerprint density at radius 1 is 1.42 bits per heavy atom. The predicted octanol–water partition coefficient (Wildman–Crippen LogP) is 3.02. The summed E-state index contributed by atoms with van der Waals surface area (Å²) in [5.74, 6) is 5.73. The second kappa shape index (κ2) is 5.94. The van der Waals surface area contributed by atoms with Crippen molar-refractivity contribution in [1.82, 2.24) is 9.97 Å². The fraction of sp³-hybridized carbons (Fsp3) is 0.167. The van der Waals surface area contributed by atoms with Crippen molar-refractivity contribution in [2.45, 2.75) is 13.3 Å². The van der Waals surface area contributed by atoms with Gasteiger partial charge in [-0.2, -0.15) is 0 Å². The number of hydrogen-bond acceptors (Lipinski definition) is 5. The number of rotatable bonds is 4. The van der Waals surface area contributed by atoms with Crippen LogP contribution in [0.25, 0.3) is 0 Å². The Morgan fingerprint density at radius 2 is 2.21 bits per heavy atom. The van der Waals surface area contributed by atoms with Crippen molar-refractivity contribution in [1.29, 1.82) is 0 Å². The van der Waals surface area contributed by atoms with Gasteiger partial charge in [-0.15, -0.1) is 0 Å². The lowest BCUT2D eigenvalue weighted by Gasteiger charge is -2.12. The number of halogens is 2. The quantitative estimate of drug-likeness (QED) is 0.667. The number of aromatic nitrogens is 2. The molecule has 1 aromatic heterocycles. The average Bonchev–Trinajstić information content (AvgIpc) is 2.41. The molecular formula is C12H12BrFN4O. The average molecular weight is 327 g/mol. The smallest absolute Gasteiger partial charge is 0.227 e. The van der Waals surface area contributed by atoms with E-state index >= 15 is 0 Å². The van der Waals surface area contributed by atoms with Gasteiger partial charge in [0.1, 0.15) is 12.1 Å². The van der Waals surface area contributed by atoms with E-state index in [0.29, 0.717) is 22.3 Å². The van der Waals surface area contributed by atoms with E-state index in [1.165, 1.54) is 18.5 Å². The molecular weight excluding hydrogens is 315 g/mol. The highest BCUT2D eigenvalue weighted by Gasteiger charge is 2.13. The number of nitrogens with zero attached hydrogens (tertiary/aromatic N) is 2. The molecule has 0 aliphatic carbocycles. The first-order valence-corrected chi connectivity index (χ1v) is 6.38. The zero-order valence-corrected chi connectivity index (χ0v) is 11.7. The molecule has 1 aromatic carbocycles. The number of anilines is 1. The third-order valence-corrected chi connectivity index (χ3v) is 2.99. The van der Waals surface area contributed by atoms with E-state index in [9.17, 15) is 4.39 Å². The molecule has 0 radical (unpaired) electrons. The van der Waals surface area contributed by atoms with Crippen LogP contribution in [0, 0.1) is 5.82 Å². The first kappa shape index (κ1) is 13.7. The molecule has 0 spiro atoms. The topological polar surface area (TPSA) is 73.1 Å². The fourth-order valence-corrected chi connectivity index (χ4v) is 1.92. The second-order valence-electron chi connectivity index (χ2n) is 3.68. The van der Waals surface area contributed by atoms with E-state index < -0.39 is 5.82 Å². The molecule has 0 bridgehead atoms. The Morgan fingerprint density at radius 3 is 2.84 bits per heavy atom. The molecule has 0 amide bonds. The Bertz CT molecular complexity index is 594. The summed E-state index contributed by atoms with van der Waals surface area (Å²) in [4.78, 5) is 7.99. The van der Waals surface area contributed by atoms with Crippen LogP contribution in [-0.2, 0) is 6.42 Å². The molecule has 19 heavy (non-hydrogen) atoms. The molecule has 7 heteroatoms. The van der Waals surface area contributed by atoms with Crippen LogP contribution >= 0.6 is 15.9 Å². The van der Waals surface area contributed by atoms with Crippen molar-refractivity contribution < 1.29 is 9.13 Å². The lowest BCUT2D eigenvalue weighted by atomic mass is 10.2. The summed E-state index contributed by atoms with van der Waals surface area (Å²) in [6, 6.07) is 4.54. The van der Waals surface area contributed by atoms with E-state index in [0.717, 1.165) is 0 Å². The normalized spacial score (nSPS) is 10.3. The SMILES string of the molecule is CCc1c(NN)ncnc1Oc1ccc(Br)cc1F. The highest BCUT2D eigenvalue weighted by Crippen LogP contribution is 2.29. The van der Waals surface area contributed by atoms with Gasteiger partial charge in [-0.25, -0.2) is 20.2 Å². The maximum Gasteiger partial charge on any atom is 0.227 e. The Labute approximate surface area is 118 Å². The third kappa shape index (κ3) is 2.99. The van der Waals surface area contributed by atoms with Crippen molar-refractivity contribution in [3.63, 3.8) is 0 Å². The summed E-state index contributed by atoms with van der Waals surface area (Å²) in [5.41, 5.74) is 3.15. The number of nitrogen functional groups attached to an aromatic ring is 1. The van der Waals surface area contributed by atoms with E-state index in [1.807, 2.05) is 6.92 Å². The molecule has 100 valence electrons. The van der Waals surface area contributed by atoms with E-state index in [1.54, 1.807) is 6.07 Å². The van der Waals surface area contributed by atoms with Gasteiger partial charge >= 0.3 is 0 Å². The third-order valence-electron chi connectivity index (χ3n) is 2.50. The summed E-state index contributed by atoms with van der Waals surface area (Å²) < 4.78 is 19.8. The fourth-order valence-electron chi connectivity index (χ4n) is 1.59. The summed E-state index contributed by atoms with van der Waals surface area (Å²) >= 11 is 3.18. The first-order valence-electron chi connectivity index (χ1n) is 5.59. The molecule has 2 aromatic rings. The maximum atomic E-state index is 13.7. The van der Waals surface area contributed by atoms with Gasteiger partial charge in [0.2, 0.25) is 5.88 Å². The highest BCUT2D eigenvalue weighted by molar-refractivity contribution is 9.10. The van der Waals surface area contributed by atoms with E-state index in [-0.39, 0.29) is 11.6 Å². The summed E-state index contributed by atoms with van der Waals surface area (Å²) in [6.45, 7) is 1.91. The van der Waals surface area contributed by atoms with Gasteiger partial charge in [-0.1, -0.05) is 22.9 Å². The van der Waals surface area contributed by atoms with Crippen LogP contribution in [0.4, 0.5) is 10.2 Å². The molecule has 0 aliphatic heterocycles. The van der Waals surface area contributed by atoms with Crippen molar-refractivity contribution in [2.75, 3.05) is 5.43 Å². The van der Waals surface area contributed by atoms with Crippen LogP contribution in [-0.4, -0.2) is 9.97 Å². The number of nitrogens with one attached hydrogen (secondary N) is 1.